The first-order valence-corrected chi connectivity index (χ1v) is 9.35. The first-order valence-electron chi connectivity index (χ1n) is 9.35. The number of likely N-dealkylation sites (N-methyl/N-ethyl adjacent to an activating group) is 1. The van der Waals surface area contributed by atoms with Gasteiger partial charge in [-0.15, -0.1) is 0 Å². The summed E-state index contributed by atoms with van der Waals surface area (Å²) in [7, 11) is 2.17. The van der Waals surface area contributed by atoms with E-state index in [2.05, 4.69) is 32.7 Å². The van der Waals surface area contributed by atoms with Gasteiger partial charge < -0.3 is 4.90 Å². The Labute approximate surface area is 137 Å². The standard InChI is InChI=1S/C20H34N2/c1-5-6-7-8-9-10-11-12-13-19-17(3)16(2)18-14-15-22(4)20(18)21-19/h5-15H2,1-4H3. The molecular formula is C20H34N2. The molecule has 1 aliphatic rings. The van der Waals surface area contributed by atoms with E-state index in [1.54, 1.807) is 0 Å². The van der Waals surface area contributed by atoms with Crippen LogP contribution in [0.15, 0.2) is 0 Å². The number of aromatic nitrogens is 1. The van der Waals surface area contributed by atoms with Crippen molar-refractivity contribution in [1.29, 1.82) is 0 Å². The zero-order valence-electron chi connectivity index (χ0n) is 15.2. The van der Waals surface area contributed by atoms with E-state index in [0.717, 1.165) is 13.0 Å². The van der Waals surface area contributed by atoms with Crippen molar-refractivity contribution in [2.45, 2.75) is 85.0 Å². The molecule has 0 N–H and O–H groups in total. The van der Waals surface area contributed by atoms with Gasteiger partial charge in [0.05, 0.1) is 0 Å². The van der Waals surface area contributed by atoms with Crippen LogP contribution < -0.4 is 4.90 Å². The summed E-state index contributed by atoms with van der Waals surface area (Å²) >= 11 is 0. The lowest BCUT2D eigenvalue weighted by Crippen LogP contribution is -2.14. The summed E-state index contributed by atoms with van der Waals surface area (Å²) in [6, 6.07) is 0. The van der Waals surface area contributed by atoms with Gasteiger partial charge in [-0.1, -0.05) is 51.9 Å². The van der Waals surface area contributed by atoms with Crippen molar-refractivity contribution in [3.63, 3.8) is 0 Å². The largest absolute Gasteiger partial charge is 0.359 e. The van der Waals surface area contributed by atoms with E-state index in [0.29, 0.717) is 0 Å². The number of nitrogens with zero attached hydrogens (tertiary/aromatic N) is 2. The van der Waals surface area contributed by atoms with Gasteiger partial charge in [0, 0.05) is 19.3 Å². The van der Waals surface area contributed by atoms with Crippen LogP contribution >= 0.6 is 0 Å². The topological polar surface area (TPSA) is 16.1 Å². The average molecular weight is 303 g/mol. The first-order chi connectivity index (χ1) is 10.6. The third kappa shape index (κ3) is 4.24. The van der Waals surface area contributed by atoms with Crippen molar-refractivity contribution in [2.24, 2.45) is 0 Å². The smallest absolute Gasteiger partial charge is 0.132 e. The Kier molecular flexibility index (Phi) is 6.72. The molecule has 2 heterocycles. The third-order valence-electron chi connectivity index (χ3n) is 5.28. The zero-order chi connectivity index (χ0) is 15.9. The molecule has 0 fully saturated rings. The van der Waals surface area contributed by atoms with Crippen LogP contribution in [0.2, 0.25) is 0 Å². The molecule has 0 atom stereocenters. The SMILES string of the molecule is CCCCCCCCCCc1nc2c(c(C)c1C)CCN2C. The predicted octanol–water partition coefficient (Wildman–Crippen LogP) is 5.37. The maximum atomic E-state index is 4.98. The Bertz CT molecular complexity index is 479. The molecule has 0 aromatic carbocycles. The Balaban J connectivity index is 1.79. The van der Waals surface area contributed by atoms with E-state index in [1.165, 1.54) is 86.0 Å². The highest BCUT2D eigenvalue weighted by Gasteiger charge is 2.22. The summed E-state index contributed by atoms with van der Waals surface area (Å²) in [5, 5.41) is 0. The number of rotatable bonds is 9. The fourth-order valence-electron chi connectivity index (χ4n) is 3.56. The minimum absolute atomic E-state index is 1.13. The van der Waals surface area contributed by atoms with E-state index >= 15 is 0 Å². The number of hydrogen-bond acceptors (Lipinski definition) is 2. The quantitative estimate of drug-likeness (QED) is 0.570. The second-order valence-corrected chi connectivity index (χ2v) is 7.01. The first kappa shape index (κ1) is 17.3. The number of fused-ring (bicyclic) bond motifs is 1. The van der Waals surface area contributed by atoms with Crippen molar-refractivity contribution < 1.29 is 0 Å². The van der Waals surface area contributed by atoms with Crippen LogP contribution in [0.25, 0.3) is 0 Å². The van der Waals surface area contributed by atoms with Crippen LogP contribution in [-0.2, 0) is 12.8 Å². The van der Waals surface area contributed by atoms with Crippen LogP contribution in [0.1, 0.15) is 80.7 Å². The average Bonchev–Trinajstić information content (AvgIpc) is 2.88. The number of pyridine rings is 1. The van der Waals surface area contributed by atoms with E-state index in [1.807, 2.05) is 0 Å². The van der Waals surface area contributed by atoms with Crippen molar-refractivity contribution in [2.75, 3.05) is 18.5 Å². The summed E-state index contributed by atoms with van der Waals surface area (Å²) in [6.07, 6.45) is 13.4. The Morgan fingerprint density at radius 3 is 2.23 bits per heavy atom. The van der Waals surface area contributed by atoms with Gasteiger partial charge in [0.15, 0.2) is 0 Å². The molecule has 0 amide bonds. The normalized spacial score (nSPS) is 13.7. The lowest BCUT2D eigenvalue weighted by atomic mass is 9.99. The summed E-state index contributed by atoms with van der Waals surface area (Å²) in [4.78, 5) is 7.30. The minimum atomic E-state index is 1.13. The van der Waals surface area contributed by atoms with Crippen LogP contribution in [-0.4, -0.2) is 18.6 Å². The van der Waals surface area contributed by atoms with Gasteiger partial charge in [0.25, 0.3) is 0 Å². The maximum Gasteiger partial charge on any atom is 0.132 e. The summed E-state index contributed by atoms with van der Waals surface area (Å²) in [6.45, 7) is 7.96. The van der Waals surface area contributed by atoms with Crippen molar-refractivity contribution in [3.05, 3.63) is 22.4 Å². The number of anilines is 1. The summed E-state index contributed by atoms with van der Waals surface area (Å²) in [5.74, 6) is 1.25. The molecule has 1 aromatic heterocycles. The highest BCUT2D eigenvalue weighted by atomic mass is 15.2. The van der Waals surface area contributed by atoms with Crippen LogP contribution in [0, 0.1) is 13.8 Å². The Morgan fingerprint density at radius 2 is 1.55 bits per heavy atom. The fraction of sp³-hybridized carbons (Fsp3) is 0.750. The Hall–Kier alpha value is -1.05. The molecule has 0 saturated carbocycles. The van der Waals surface area contributed by atoms with Crippen molar-refractivity contribution in [3.8, 4) is 0 Å². The highest BCUT2D eigenvalue weighted by molar-refractivity contribution is 5.57. The van der Waals surface area contributed by atoms with Gasteiger partial charge in [0.1, 0.15) is 5.82 Å². The molecule has 0 radical (unpaired) electrons. The fourth-order valence-corrected chi connectivity index (χ4v) is 3.56. The molecule has 0 bridgehead atoms. The second kappa shape index (κ2) is 8.55. The molecular weight excluding hydrogens is 268 g/mol. The number of unbranched alkanes of at least 4 members (excludes halogenated alkanes) is 7. The summed E-state index contributed by atoms with van der Waals surface area (Å²) in [5.41, 5.74) is 5.76. The number of hydrogen-bond donors (Lipinski definition) is 0. The molecule has 2 heteroatoms. The summed E-state index contributed by atoms with van der Waals surface area (Å²) < 4.78 is 0. The zero-order valence-corrected chi connectivity index (χ0v) is 15.2. The van der Waals surface area contributed by atoms with E-state index in [-0.39, 0.29) is 0 Å². The molecule has 22 heavy (non-hydrogen) atoms. The highest BCUT2D eigenvalue weighted by Crippen LogP contribution is 2.31. The van der Waals surface area contributed by atoms with Gasteiger partial charge in [-0.2, -0.15) is 0 Å². The lowest BCUT2D eigenvalue weighted by molar-refractivity contribution is 0.573. The van der Waals surface area contributed by atoms with E-state index in [9.17, 15) is 0 Å². The number of aryl methyl sites for hydroxylation is 1. The molecule has 0 aliphatic carbocycles. The minimum Gasteiger partial charge on any atom is -0.359 e. The van der Waals surface area contributed by atoms with E-state index < -0.39 is 0 Å². The monoisotopic (exact) mass is 302 g/mol. The molecule has 0 unspecified atom stereocenters. The van der Waals surface area contributed by atoms with Crippen molar-refractivity contribution >= 4 is 5.82 Å². The predicted molar refractivity (Wildman–Crippen MR) is 97.0 cm³/mol. The molecule has 2 nitrogen and oxygen atoms in total. The van der Waals surface area contributed by atoms with Crippen molar-refractivity contribution in [1.82, 2.24) is 4.98 Å². The van der Waals surface area contributed by atoms with Crippen LogP contribution in [0.4, 0.5) is 5.82 Å². The Morgan fingerprint density at radius 1 is 0.909 bits per heavy atom. The van der Waals surface area contributed by atoms with Gasteiger partial charge in [0.2, 0.25) is 0 Å². The molecule has 1 aliphatic heterocycles. The van der Waals surface area contributed by atoms with E-state index in [4.69, 9.17) is 4.98 Å². The maximum absolute atomic E-state index is 4.98. The molecule has 124 valence electrons. The van der Waals surface area contributed by atoms with Gasteiger partial charge >= 0.3 is 0 Å². The third-order valence-corrected chi connectivity index (χ3v) is 5.28. The van der Waals surface area contributed by atoms with Gasteiger partial charge in [-0.25, -0.2) is 4.98 Å². The molecule has 0 spiro atoms. The van der Waals surface area contributed by atoms with Crippen LogP contribution in [0.3, 0.4) is 0 Å². The molecule has 2 rings (SSSR count). The van der Waals surface area contributed by atoms with Gasteiger partial charge in [-0.3, -0.25) is 0 Å². The molecule has 0 saturated heterocycles. The van der Waals surface area contributed by atoms with Crippen LogP contribution in [0.5, 0.6) is 0 Å². The second-order valence-electron chi connectivity index (χ2n) is 7.01. The molecule has 1 aromatic rings. The van der Waals surface area contributed by atoms with Gasteiger partial charge in [-0.05, 0) is 49.8 Å². The lowest BCUT2D eigenvalue weighted by Gasteiger charge is -2.16.